The fourth-order valence-corrected chi connectivity index (χ4v) is 0.588. The molecule has 9 heavy (non-hydrogen) atoms. The van der Waals surface area contributed by atoms with Crippen LogP contribution in [0.3, 0.4) is 0 Å². The van der Waals surface area contributed by atoms with Crippen LogP contribution in [0.15, 0.2) is 24.3 Å². The molecule has 2 heteroatoms. The van der Waals surface area contributed by atoms with Crippen LogP contribution in [0.4, 0.5) is 5.69 Å². The van der Waals surface area contributed by atoms with E-state index in [4.69, 9.17) is 0 Å². The fraction of sp³-hybridized carbons (Fsp3) is 0.143. The van der Waals surface area contributed by atoms with E-state index in [0.29, 0.717) is 0 Å². The Kier molecular flexibility index (Phi) is 3.81. The molecule has 3 N–H and O–H groups in total. The molecule has 0 atom stereocenters. The van der Waals surface area contributed by atoms with E-state index < -0.39 is 0 Å². The summed E-state index contributed by atoms with van der Waals surface area (Å²) in [6, 6.07) is 8.13. The normalized spacial score (nSPS) is 8.22. The van der Waals surface area contributed by atoms with Gasteiger partial charge in [0.15, 0.2) is 0 Å². The van der Waals surface area contributed by atoms with Gasteiger partial charge in [-0.05, 0) is 19.1 Å². The molecule has 0 fully saturated rings. The molecule has 0 aliphatic carbocycles. The number of hydrogen-bond acceptors (Lipinski definition) is 0. The quantitative estimate of drug-likeness (QED) is 0.498. The Labute approximate surface area is 72.3 Å². The fourth-order valence-electron chi connectivity index (χ4n) is 0.588. The Balaban J connectivity index is 0.000000640. The summed E-state index contributed by atoms with van der Waals surface area (Å²) in [7, 11) is 0. The molecule has 1 aromatic rings. The molecule has 1 rings (SSSR count). The van der Waals surface area contributed by atoms with Gasteiger partial charge in [0, 0.05) is 0 Å². The highest BCUT2D eigenvalue weighted by atomic mass is 127. The second-order valence-corrected chi connectivity index (χ2v) is 1.99. The van der Waals surface area contributed by atoms with Gasteiger partial charge in [0.05, 0.1) is 0 Å². The smallest absolute Gasteiger partial charge is 0.127 e. The minimum Gasteiger partial charge on any atom is -1.00 e. The van der Waals surface area contributed by atoms with E-state index in [1.807, 2.05) is 12.1 Å². The molecule has 1 nitrogen and oxygen atoms in total. The molecule has 0 spiro atoms. The molecule has 0 radical (unpaired) electrons. The summed E-state index contributed by atoms with van der Waals surface area (Å²) in [5.74, 6) is 0. The average molecular weight is 235 g/mol. The molecule has 50 valence electrons. The summed E-state index contributed by atoms with van der Waals surface area (Å²) >= 11 is 0. The standard InChI is InChI=1S/C7H9N.HI/c1-6-2-4-7(8)5-3-6;/h2-5H,8H2,1H3;1H. The molecule has 0 aliphatic heterocycles. The van der Waals surface area contributed by atoms with Crippen LogP contribution in [0.2, 0.25) is 0 Å². The highest BCUT2D eigenvalue weighted by Crippen LogP contribution is 2.00. The zero-order valence-electron chi connectivity index (χ0n) is 5.39. The van der Waals surface area contributed by atoms with Crippen molar-refractivity contribution in [3.05, 3.63) is 29.8 Å². The van der Waals surface area contributed by atoms with Gasteiger partial charge < -0.3 is 29.7 Å². The molecule has 0 bridgehead atoms. The Bertz CT molecular complexity index is 148. The van der Waals surface area contributed by atoms with Gasteiger partial charge in [-0.25, -0.2) is 0 Å². The summed E-state index contributed by atoms with van der Waals surface area (Å²) in [4.78, 5) is 0. The second-order valence-electron chi connectivity index (χ2n) is 1.99. The van der Waals surface area contributed by atoms with Crippen molar-refractivity contribution in [2.75, 3.05) is 0 Å². The van der Waals surface area contributed by atoms with Crippen LogP contribution in [-0.4, -0.2) is 0 Å². The maximum absolute atomic E-state index is 3.76. The van der Waals surface area contributed by atoms with Crippen molar-refractivity contribution >= 4 is 5.69 Å². The zero-order valence-corrected chi connectivity index (χ0v) is 7.55. The number of halogens is 1. The summed E-state index contributed by atoms with van der Waals surface area (Å²) in [5, 5.41) is 0. The van der Waals surface area contributed by atoms with E-state index in [1.54, 1.807) is 0 Å². The number of quaternary nitrogens is 1. The first-order valence-electron chi connectivity index (χ1n) is 2.67. The molecule has 1 aromatic carbocycles. The second kappa shape index (κ2) is 3.85. The Hall–Kier alpha value is -0.0900. The maximum Gasteiger partial charge on any atom is 0.127 e. The first-order valence-corrected chi connectivity index (χ1v) is 2.67. The van der Waals surface area contributed by atoms with Gasteiger partial charge in [-0.15, -0.1) is 0 Å². The van der Waals surface area contributed by atoms with Gasteiger partial charge in [0.25, 0.3) is 0 Å². The molecule has 0 unspecified atom stereocenters. The Morgan fingerprint density at radius 2 is 1.56 bits per heavy atom. The molecule has 0 amide bonds. The number of aryl methyl sites for hydroxylation is 1. The molecule has 0 aromatic heterocycles. The predicted octanol–water partition coefficient (Wildman–Crippen LogP) is -2.13. The highest BCUT2D eigenvalue weighted by Gasteiger charge is 1.83. The SMILES string of the molecule is Cc1ccc([NH3+])cc1.[I-]. The van der Waals surface area contributed by atoms with Crippen molar-refractivity contribution < 1.29 is 29.7 Å². The first kappa shape index (κ1) is 8.91. The molecule has 0 aliphatic rings. The van der Waals surface area contributed by atoms with E-state index in [9.17, 15) is 0 Å². The van der Waals surface area contributed by atoms with Crippen molar-refractivity contribution in [1.29, 1.82) is 0 Å². The molecule has 0 saturated carbocycles. The van der Waals surface area contributed by atoms with Crippen LogP contribution in [0.5, 0.6) is 0 Å². The lowest BCUT2D eigenvalue weighted by atomic mass is 10.2. The monoisotopic (exact) mass is 235 g/mol. The lowest BCUT2D eigenvalue weighted by molar-refractivity contribution is -0.254. The van der Waals surface area contributed by atoms with E-state index in [2.05, 4.69) is 24.8 Å². The van der Waals surface area contributed by atoms with E-state index in [0.717, 1.165) is 5.69 Å². The van der Waals surface area contributed by atoms with Gasteiger partial charge in [-0.2, -0.15) is 0 Å². The number of rotatable bonds is 0. The number of benzene rings is 1. The average Bonchev–Trinajstić information content (AvgIpc) is 1.77. The van der Waals surface area contributed by atoms with E-state index in [1.165, 1.54) is 5.56 Å². The Morgan fingerprint density at radius 3 is 1.89 bits per heavy atom. The van der Waals surface area contributed by atoms with Crippen LogP contribution in [0, 0.1) is 6.92 Å². The van der Waals surface area contributed by atoms with Crippen molar-refractivity contribution in [3.63, 3.8) is 0 Å². The first-order chi connectivity index (χ1) is 3.79. The third-order valence-electron chi connectivity index (χ3n) is 1.12. The van der Waals surface area contributed by atoms with Crippen LogP contribution in [0.25, 0.3) is 0 Å². The molecule has 0 saturated heterocycles. The van der Waals surface area contributed by atoms with Gasteiger partial charge in [-0.1, -0.05) is 17.7 Å². The molecular weight excluding hydrogens is 225 g/mol. The Morgan fingerprint density at radius 1 is 1.11 bits per heavy atom. The third kappa shape index (κ3) is 2.81. The van der Waals surface area contributed by atoms with Gasteiger partial charge in [-0.3, -0.25) is 0 Å². The summed E-state index contributed by atoms with van der Waals surface area (Å²) < 4.78 is 0. The van der Waals surface area contributed by atoms with E-state index in [-0.39, 0.29) is 24.0 Å². The number of hydrogen-bond donors (Lipinski definition) is 1. The van der Waals surface area contributed by atoms with Crippen LogP contribution in [-0.2, 0) is 0 Å². The molecular formula is C7H10IN. The van der Waals surface area contributed by atoms with Crippen molar-refractivity contribution in [1.82, 2.24) is 0 Å². The van der Waals surface area contributed by atoms with Crippen LogP contribution in [0.1, 0.15) is 5.56 Å². The van der Waals surface area contributed by atoms with Gasteiger partial charge >= 0.3 is 0 Å². The molecule has 0 heterocycles. The van der Waals surface area contributed by atoms with Crippen LogP contribution >= 0.6 is 0 Å². The topological polar surface area (TPSA) is 27.6 Å². The minimum atomic E-state index is 0. The highest BCUT2D eigenvalue weighted by molar-refractivity contribution is 5.30. The van der Waals surface area contributed by atoms with Gasteiger partial charge in [0.1, 0.15) is 5.69 Å². The summed E-state index contributed by atoms with van der Waals surface area (Å²) in [5.41, 5.74) is 6.13. The maximum atomic E-state index is 3.76. The largest absolute Gasteiger partial charge is 1.00 e. The van der Waals surface area contributed by atoms with Gasteiger partial charge in [0.2, 0.25) is 0 Å². The summed E-state index contributed by atoms with van der Waals surface area (Å²) in [6.45, 7) is 2.07. The van der Waals surface area contributed by atoms with Crippen molar-refractivity contribution in [2.45, 2.75) is 6.92 Å². The third-order valence-corrected chi connectivity index (χ3v) is 1.12. The van der Waals surface area contributed by atoms with Crippen molar-refractivity contribution in [3.8, 4) is 0 Å². The van der Waals surface area contributed by atoms with Crippen molar-refractivity contribution in [2.24, 2.45) is 0 Å². The zero-order chi connectivity index (χ0) is 5.98. The minimum absolute atomic E-state index is 0. The lowest BCUT2D eigenvalue weighted by Gasteiger charge is -1.87. The lowest BCUT2D eigenvalue weighted by Crippen LogP contribution is -3.00. The summed E-state index contributed by atoms with van der Waals surface area (Å²) in [6.07, 6.45) is 0. The predicted molar refractivity (Wildman–Crippen MR) is 33.7 cm³/mol. The van der Waals surface area contributed by atoms with E-state index >= 15 is 0 Å². The van der Waals surface area contributed by atoms with Crippen LogP contribution < -0.4 is 29.7 Å².